The van der Waals surface area contributed by atoms with Crippen LogP contribution in [0.4, 0.5) is 8.78 Å². The molecule has 0 radical (unpaired) electrons. The van der Waals surface area contributed by atoms with Crippen molar-refractivity contribution in [1.82, 2.24) is 46.6 Å². The third-order valence-electron chi connectivity index (χ3n) is 16.9. The fourth-order valence-electron chi connectivity index (χ4n) is 10.9. The number of aromatic hydroxyl groups is 2. The predicted molar refractivity (Wildman–Crippen MR) is 406 cm³/mol. The van der Waals surface area contributed by atoms with Gasteiger partial charge in [-0.2, -0.15) is 0 Å². The van der Waals surface area contributed by atoms with Crippen molar-refractivity contribution in [2.45, 2.75) is 57.0 Å². The maximum absolute atomic E-state index is 16.1. The Balaban J connectivity index is 0.00000916. The summed E-state index contributed by atoms with van der Waals surface area (Å²) >= 11 is 0. The van der Waals surface area contributed by atoms with Crippen LogP contribution in [0.15, 0.2) is 42.5 Å². The summed E-state index contributed by atoms with van der Waals surface area (Å²) in [6, 6.07) is 7.08. The fourth-order valence-corrected chi connectivity index (χ4v) is 10.9. The van der Waals surface area contributed by atoms with Crippen molar-refractivity contribution in [1.29, 1.82) is 0 Å². The number of benzene rings is 3. The summed E-state index contributed by atoms with van der Waals surface area (Å²) in [6.07, 6.45) is -3.09. The second-order valence-corrected chi connectivity index (χ2v) is 25.5. The van der Waals surface area contributed by atoms with Crippen molar-refractivity contribution in [3.63, 3.8) is 0 Å². The molecule has 0 saturated heterocycles. The van der Waals surface area contributed by atoms with E-state index >= 15 is 8.78 Å². The number of aliphatic hydroxyl groups is 4. The van der Waals surface area contributed by atoms with Gasteiger partial charge in [0.05, 0.1) is 109 Å². The van der Waals surface area contributed by atoms with Crippen LogP contribution in [0.25, 0.3) is 0 Å². The number of Topliss-reactive ketones (excluding diaryl/α,β-unsaturated/α-hetero) is 5. The number of amides is 9. The third-order valence-corrected chi connectivity index (χ3v) is 16.9. The molecule has 3 aromatic rings. The minimum Gasteiger partial charge on any atom is -0.505 e. The second kappa shape index (κ2) is 58.7. The maximum atomic E-state index is 16.1. The summed E-state index contributed by atoms with van der Waals surface area (Å²) in [6.45, 7) is -2.93. The Morgan fingerprint density at radius 2 is 0.767 bits per heavy atom. The van der Waals surface area contributed by atoms with Crippen LogP contribution in [-0.2, 0) is 120 Å². The number of phenolic OH excluding ortho intramolecular Hbond substituents is 2. The number of carbonyl (C=O) groups excluding carboxylic acids is 17. The van der Waals surface area contributed by atoms with Crippen LogP contribution in [0.1, 0.15) is 88.8 Å². The Morgan fingerprint density at radius 3 is 1.18 bits per heavy atom. The second-order valence-electron chi connectivity index (χ2n) is 25.5. The van der Waals surface area contributed by atoms with E-state index in [1.54, 1.807) is 0 Å². The molecule has 1 atom stereocenters. The number of aliphatic hydroxyl groups excluding tert-OH is 4. The molecule has 0 aliphatic carbocycles. The lowest BCUT2D eigenvalue weighted by Gasteiger charge is -2.36. The van der Waals surface area contributed by atoms with Crippen molar-refractivity contribution >= 4 is 102 Å². The van der Waals surface area contributed by atoms with E-state index in [9.17, 15) is 82.1 Å². The van der Waals surface area contributed by atoms with Crippen LogP contribution in [0.5, 0.6) is 23.0 Å². The van der Waals surface area contributed by atoms with E-state index in [0.717, 1.165) is 46.2 Å². The number of hydrogen-bond acceptors (Lipinski definition) is 33. The van der Waals surface area contributed by atoms with Crippen LogP contribution in [0.3, 0.4) is 0 Å². The predicted octanol–water partition coefficient (Wildman–Crippen LogP) is -4.56. The van der Waals surface area contributed by atoms with Gasteiger partial charge in [0, 0.05) is 134 Å². The molecule has 0 fully saturated rings. The van der Waals surface area contributed by atoms with E-state index in [2.05, 4.69) is 31.9 Å². The number of ketones is 5. The quantitative estimate of drug-likeness (QED) is 0.0187. The van der Waals surface area contributed by atoms with Crippen molar-refractivity contribution in [2.24, 2.45) is 0 Å². The number of carbonyl (C=O) groups is 17. The molecule has 2 aliphatic heterocycles. The minimum absolute atomic E-state index is 0.0196. The van der Waals surface area contributed by atoms with Crippen LogP contribution in [-0.4, -0.2) is 358 Å². The molecule has 0 aromatic heterocycles. The number of nitrogens with zero attached hydrogens (tertiary/aromatic N) is 3. The lowest BCUT2D eigenvalue weighted by molar-refractivity contribution is -0.136. The van der Waals surface area contributed by atoms with Crippen molar-refractivity contribution < 1.29 is 168 Å². The Morgan fingerprint density at radius 1 is 0.392 bits per heavy atom. The number of halogens is 2. The summed E-state index contributed by atoms with van der Waals surface area (Å²) in [4.78, 5) is 213. The van der Waals surface area contributed by atoms with Gasteiger partial charge in [0.25, 0.3) is 5.91 Å². The molecule has 9 amide bonds. The zero-order valence-electron chi connectivity index (χ0n) is 66.0. The number of ether oxygens (including phenoxy) is 10. The zero-order valence-corrected chi connectivity index (χ0v) is 66.0. The number of fused-ring (bicyclic) bond motifs is 6. The summed E-state index contributed by atoms with van der Waals surface area (Å²) in [7, 11) is 0. The molecule has 12 N–H and O–H groups in total. The van der Waals surface area contributed by atoms with Gasteiger partial charge in [-0.25, -0.2) is 13.6 Å². The van der Waals surface area contributed by atoms with E-state index in [1.807, 2.05) is 13.6 Å². The smallest absolute Gasteiger partial charge is 0.340 e. The molecule has 42 nitrogen and oxygen atoms in total. The van der Waals surface area contributed by atoms with Gasteiger partial charge in [-0.05, 0) is 30.3 Å². The molecule has 2 aliphatic rings. The normalized spacial score (nSPS) is 12.5. The van der Waals surface area contributed by atoms with E-state index in [1.165, 1.54) is 11.0 Å². The van der Waals surface area contributed by atoms with Crippen molar-refractivity contribution in [2.75, 3.05) is 211 Å². The Labute approximate surface area is 686 Å². The largest absolute Gasteiger partial charge is 0.505 e. The van der Waals surface area contributed by atoms with Gasteiger partial charge < -0.3 is 134 Å². The first kappa shape index (κ1) is 103. The highest BCUT2D eigenvalue weighted by Crippen LogP contribution is 2.58. The van der Waals surface area contributed by atoms with E-state index in [0.29, 0.717) is 0 Å². The first-order valence-electron chi connectivity index (χ1n) is 37.5. The average molecular weight is 1710 g/mol. The van der Waals surface area contributed by atoms with Gasteiger partial charge >= 0.3 is 5.97 Å². The van der Waals surface area contributed by atoms with E-state index < -0.39 is 201 Å². The third kappa shape index (κ3) is 37.4. The summed E-state index contributed by atoms with van der Waals surface area (Å²) in [5.74, 6) is -15.1. The number of rotatable bonds is 62. The molecule has 0 bridgehead atoms. The standard InChI is InChI=1S/C74H99F2N9O31.2CH2O/c75-57-36-56-61(37-59(57)96)115-60-5-4-58(95)71(76)70(60)74(56)55-3-1-48(35-54(55)73(106)116-74)72(105)82-39-69(104)84(17-7-49(90)2-6-67(102)83(18-8-62(97)77-13-23-107-27-31-111-44-50(91)40-86)19-9-63(98)78-14-24-108-28-32-112-45-51(92)41-87)22-12-66(101)81-38-68(103)85(20-10-64(99)79-15-25-109-29-33-113-46-52(93)42-88)21-11-65(100)80-16-26-110-30-34-114-47-53(94)43-89;2*1-2/h1,3-5,35-37,86-89,95-96H,2,6-34,38-47H2,(H,77,97)(H,78,98)(H,79,99)(H,80,100)(H,81,101)(H,82,105);2*1H2. The molecule has 44 heteroatoms. The summed E-state index contributed by atoms with van der Waals surface area (Å²) in [5.41, 5.74) is -4.01. The highest BCUT2D eigenvalue weighted by atomic mass is 19.1. The number of hydrogen-bond donors (Lipinski definition) is 12. The molecule has 2 heterocycles. The molecule has 1 spiro atoms. The lowest BCUT2D eigenvalue weighted by atomic mass is 9.77. The number of esters is 1. The lowest BCUT2D eigenvalue weighted by Crippen LogP contribution is -2.45. The maximum Gasteiger partial charge on any atom is 0.340 e. The molecule has 3 aromatic carbocycles. The van der Waals surface area contributed by atoms with Gasteiger partial charge in [-0.3, -0.25) is 67.1 Å². The van der Waals surface area contributed by atoms with Crippen LogP contribution >= 0.6 is 0 Å². The minimum atomic E-state index is -2.36. The first-order valence-corrected chi connectivity index (χ1v) is 37.5. The Kier molecular flexibility index (Phi) is 50.4. The van der Waals surface area contributed by atoms with Crippen LogP contribution in [0.2, 0.25) is 0 Å². The Hall–Kier alpha value is -11.2. The summed E-state index contributed by atoms with van der Waals surface area (Å²) < 4.78 is 84.7. The van der Waals surface area contributed by atoms with Gasteiger partial charge in [-0.15, -0.1) is 0 Å². The Bertz CT molecular complexity index is 3670. The number of phenols is 2. The monoisotopic (exact) mass is 1710 g/mol. The molecule has 5 rings (SSSR count). The molecular formula is C76H103F2N9O33. The van der Waals surface area contributed by atoms with Gasteiger partial charge in [-0.1, -0.05) is 6.07 Å². The van der Waals surface area contributed by atoms with E-state index in [4.69, 9.17) is 77.4 Å². The topological polar surface area (TPSA) is 586 Å². The SMILES string of the molecule is C=O.C=O.O=C(CCC(=O)N(CCC(=O)NCCOCCOCC(=O)CO)CCC(=O)NCCOCCOCC(=O)CO)CCN(CCC(=O)NCC(=O)N(CCC(=O)NCCOCCOCC(=O)CO)CCC(=O)NCCOCCOCC(=O)CO)C(=O)CNC(=O)c1ccc2c(c1)C(=O)OC21c2cc(F)c(O)cc2Oc2ccc(O)c(F)c21. The van der Waals surface area contributed by atoms with Crippen molar-refractivity contribution in [3.8, 4) is 23.0 Å². The average Bonchev–Trinajstić information content (AvgIpc) is 1.48. The highest BCUT2D eigenvalue weighted by Gasteiger charge is 2.56. The fraction of sp³-hybridized carbons (Fsp3) is 0.539. The number of nitrogens with one attached hydrogen (secondary N) is 6. The first-order chi connectivity index (χ1) is 57.7. The van der Waals surface area contributed by atoms with Crippen LogP contribution < -0.4 is 36.6 Å². The molecule has 0 saturated carbocycles. The van der Waals surface area contributed by atoms with Crippen LogP contribution in [0, 0.1) is 11.6 Å². The van der Waals surface area contributed by atoms with E-state index in [-0.39, 0.29) is 218 Å². The molecule has 120 heavy (non-hydrogen) atoms. The van der Waals surface area contributed by atoms with Gasteiger partial charge in [0.2, 0.25) is 47.3 Å². The molecule has 1 unspecified atom stereocenters. The van der Waals surface area contributed by atoms with Gasteiger partial charge in [0.15, 0.2) is 51.9 Å². The van der Waals surface area contributed by atoms with Crippen molar-refractivity contribution in [3.05, 3.63) is 81.9 Å². The highest BCUT2D eigenvalue weighted by molar-refractivity contribution is 6.03. The van der Waals surface area contributed by atoms with Gasteiger partial charge in [0.1, 0.15) is 83.7 Å². The molecule has 664 valence electrons. The zero-order chi connectivity index (χ0) is 88.8. The molecular weight excluding hydrogens is 1600 g/mol. The summed E-state index contributed by atoms with van der Waals surface area (Å²) in [5, 5.41) is 71.4.